The molecule has 0 saturated heterocycles. The average molecular weight is 303 g/mol. The van der Waals surface area contributed by atoms with E-state index < -0.39 is 0 Å². The van der Waals surface area contributed by atoms with E-state index >= 15 is 0 Å². The molecule has 0 saturated carbocycles. The lowest BCUT2D eigenvalue weighted by molar-refractivity contribution is -0.121. The van der Waals surface area contributed by atoms with Gasteiger partial charge in [-0.2, -0.15) is 0 Å². The summed E-state index contributed by atoms with van der Waals surface area (Å²) >= 11 is 0. The van der Waals surface area contributed by atoms with Gasteiger partial charge >= 0.3 is 0 Å². The maximum absolute atomic E-state index is 12.1. The number of carbonyl (C=O) groups is 3. The molecule has 0 aliphatic carbocycles. The molecule has 1 aliphatic heterocycles. The van der Waals surface area contributed by atoms with E-state index in [1.165, 1.54) is 0 Å². The first-order valence-corrected chi connectivity index (χ1v) is 7.37. The monoisotopic (exact) mass is 303 g/mol. The van der Waals surface area contributed by atoms with Gasteiger partial charge < -0.3 is 10.2 Å². The quantitative estimate of drug-likeness (QED) is 0.596. The molecule has 1 aliphatic rings. The van der Waals surface area contributed by atoms with Crippen LogP contribution >= 0.6 is 0 Å². The van der Waals surface area contributed by atoms with Crippen LogP contribution in [0.3, 0.4) is 0 Å². The third kappa shape index (κ3) is 3.71. The predicted octanol–water partition coefficient (Wildman–Crippen LogP) is 0.741. The van der Waals surface area contributed by atoms with Gasteiger partial charge in [-0.1, -0.05) is 12.1 Å². The zero-order valence-corrected chi connectivity index (χ0v) is 13.0. The summed E-state index contributed by atoms with van der Waals surface area (Å²) in [7, 11) is 3.95. The fourth-order valence-electron chi connectivity index (χ4n) is 2.37. The number of amides is 3. The van der Waals surface area contributed by atoms with Crippen molar-refractivity contribution in [2.75, 3.05) is 33.7 Å². The number of benzene rings is 1. The topological polar surface area (TPSA) is 69.7 Å². The highest BCUT2D eigenvalue weighted by atomic mass is 16.2. The third-order valence-corrected chi connectivity index (χ3v) is 3.54. The second kappa shape index (κ2) is 7.17. The van der Waals surface area contributed by atoms with Gasteiger partial charge in [-0.15, -0.1) is 0 Å². The Morgan fingerprint density at radius 3 is 2.27 bits per heavy atom. The van der Waals surface area contributed by atoms with Gasteiger partial charge in [0.2, 0.25) is 5.91 Å². The van der Waals surface area contributed by atoms with Crippen molar-refractivity contribution in [2.24, 2.45) is 0 Å². The van der Waals surface area contributed by atoms with Crippen LogP contribution in [0.2, 0.25) is 0 Å². The van der Waals surface area contributed by atoms with Crippen molar-refractivity contribution >= 4 is 17.7 Å². The van der Waals surface area contributed by atoms with Gasteiger partial charge in [0.15, 0.2) is 0 Å². The molecule has 0 radical (unpaired) electrons. The normalized spacial score (nSPS) is 13.7. The Morgan fingerprint density at radius 2 is 1.73 bits per heavy atom. The number of hydrogen-bond acceptors (Lipinski definition) is 4. The molecule has 118 valence electrons. The van der Waals surface area contributed by atoms with Crippen LogP contribution < -0.4 is 5.32 Å². The van der Waals surface area contributed by atoms with Crippen LogP contribution in [0.4, 0.5) is 0 Å². The highest BCUT2D eigenvalue weighted by Gasteiger charge is 2.34. The SMILES string of the molecule is CN(C)CCCNC(=O)CCN1C(=O)c2ccccc2C1=O. The molecule has 2 rings (SSSR count). The van der Waals surface area contributed by atoms with Crippen LogP contribution in [0.15, 0.2) is 24.3 Å². The zero-order valence-electron chi connectivity index (χ0n) is 13.0. The van der Waals surface area contributed by atoms with Crippen LogP contribution in [0.25, 0.3) is 0 Å². The summed E-state index contributed by atoms with van der Waals surface area (Å²) in [5.41, 5.74) is 0.831. The standard InChI is InChI=1S/C16H21N3O3/c1-18(2)10-5-9-17-14(20)8-11-19-15(21)12-6-3-4-7-13(12)16(19)22/h3-4,6-7H,5,8-11H2,1-2H3,(H,17,20). The first-order valence-electron chi connectivity index (χ1n) is 7.37. The van der Waals surface area contributed by atoms with Crippen molar-refractivity contribution in [1.29, 1.82) is 0 Å². The molecule has 6 nitrogen and oxygen atoms in total. The Morgan fingerprint density at radius 1 is 1.14 bits per heavy atom. The van der Waals surface area contributed by atoms with Crippen LogP contribution in [-0.2, 0) is 4.79 Å². The number of hydrogen-bond donors (Lipinski definition) is 1. The summed E-state index contributed by atoms with van der Waals surface area (Å²) in [5.74, 6) is -0.780. The van der Waals surface area contributed by atoms with Crippen LogP contribution in [-0.4, -0.2) is 61.3 Å². The van der Waals surface area contributed by atoms with Gasteiger partial charge in [-0.3, -0.25) is 19.3 Å². The summed E-state index contributed by atoms with van der Waals surface area (Å²) in [6, 6.07) is 6.73. The van der Waals surface area contributed by atoms with Gasteiger partial charge in [0.25, 0.3) is 11.8 Å². The van der Waals surface area contributed by atoms with E-state index in [0.29, 0.717) is 17.7 Å². The molecule has 0 unspecified atom stereocenters. The second-order valence-electron chi connectivity index (χ2n) is 5.56. The smallest absolute Gasteiger partial charge is 0.261 e. The Labute approximate surface area is 130 Å². The van der Waals surface area contributed by atoms with Gasteiger partial charge in [0.1, 0.15) is 0 Å². The molecule has 0 bridgehead atoms. The van der Waals surface area contributed by atoms with Crippen molar-refractivity contribution in [3.63, 3.8) is 0 Å². The molecule has 1 N–H and O–H groups in total. The number of fused-ring (bicyclic) bond motifs is 1. The minimum atomic E-state index is -0.319. The van der Waals surface area contributed by atoms with Gasteiger partial charge in [-0.25, -0.2) is 0 Å². The first-order chi connectivity index (χ1) is 10.5. The molecular formula is C16H21N3O3. The Bertz CT molecular complexity index is 549. The summed E-state index contributed by atoms with van der Waals surface area (Å²) in [5, 5.41) is 2.80. The maximum Gasteiger partial charge on any atom is 0.261 e. The summed E-state index contributed by atoms with van der Waals surface area (Å²) in [4.78, 5) is 39.2. The van der Waals surface area contributed by atoms with Crippen LogP contribution in [0.5, 0.6) is 0 Å². The van der Waals surface area contributed by atoms with Crippen molar-refractivity contribution in [2.45, 2.75) is 12.8 Å². The molecule has 1 aromatic rings. The van der Waals surface area contributed by atoms with E-state index in [1.54, 1.807) is 24.3 Å². The summed E-state index contributed by atoms with van der Waals surface area (Å²) in [6.45, 7) is 1.61. The molecule has 3 amide bonds. The highest BCUT2D eigenvalue weighted by molar-refractivity contribution is 6.21. The van der Waals surface area contributed by atoms with E-state index in [1.807, 2.05) is 19.0 Å². The lowest BCUT2D eigenvalue weighted by atomic mass is 10.1. The highest BCUT2D eigenvalue weighted by Crippen LogP contribution is 2.22. The second-order valence-corrected chi connectivity index (χ2v) is 5.56. The van der Waals surface area contributed by atoms with Crippen molar-refractivity contribution in [3.05, 3.63) is 35.4 Å². The average Bonchev–Trinajstić information content (AvgIpc) is 2.74. The largest absolute Gasteiger partial charge is 0.356 e. The fraction of sp³-hybridized carbons (Fsp3) is 0.438. The number of nitrogens with zero attached hydrogens (tertiary/aromatic N) is 2. The van der Waals surface area contributed by atoms with E-state index in [9.17, 15) is 14.4 Å². The summed E-state index contributed by atoms with van der Waals surface area (Å²) in [6.07, 6.45) is 0.999. The van der Waals surface area contributed by atoms with E-state index in [2.05, 4.69) is 5.32 Å². The van der Waals surface area contributed by atoms with Crippen molar-refractivity contribution in [1.82, 2.24) is 15.1 Å². The third-order valence-electron chi connectivity index (χ3n) is 3.54. The maximum atomic E-state index is 12.1. The Hall–Kier alpha value is -2.21. The van der Waals surface area contributed by atoms with Crippen LogP contribution in [0.1, 0.15) is 33.6 Å². The molecular weight excluding hydrogens is 282 g/mol. The molecule has 1 heterocycles. The number of rotatable bonds is 7. The zero-order chi connectivity index (χ0) is 16.1. The molecule has 0 aromatic heterocycles. The van der Waals surface area contributed by atoms with Gasteiger partial charge in [-0.05, 0) is 39.2 Å². The Balaban J connectivity index is 1.79. The number of carbonyl (C=O) groups excluding carboxylic acids is 3. The molecule has 6 heteroatoms. The first kappa shape index (κ1) is 16.2. The van der Waals surface area contributed by atoms with Gasteiger partial charge in [0, 0.05) is 19.5 Å². The minimum absolute atomic E-state index is 0.117. The minimum Gasteiger partial charge on any atom is -0.356 e. The molecule has 0 spiro atoms. The molecule has 1 aromatic carbocycles. The van der Waals surface area contributed by atoms with Gasteiger partial charge in [0.05, 0.1) is 11.1 Å². The van der Waals surface area contributed by atoms with Crippen LogP contribution in [0, 0.1) is 0 Å². The van der Waals surface area contributed by atoms with Crippen molar-refractivity contribution < 1.29 is 14.4 Å². The Kier molecular flexibility index (Phi) is 5.27. The van der Waals surface area contributed by atoms with E-state index in [-0.39, 0.29) is 30.7 Å². The summed E-state index contributed by atoms with van der Waals surface area (Å²) < 4.78 is 0. The number of nitrogens with one attached hydrogen (secondary N) is 1. The predicted molar refractivity (Wildman–Crippen MR) is 82.6 cm³/mol. The fourth-order valence-corrected chi connectivity index (χ4v) is 2.37. The molecule has 0 atom stereocenters. The van der Waals surface area contributed by atoms with E-state index in [0.717, 1.165) is 17.9 Å². The number of imide groups is 1. The van der Waals surface area contributed by atoms with Crippen molar-refractivity contribution in [3.8, 4) is 0 Å². The molecule has 22 heavy (non-hydrogen) atoms. The molecule has 0 fully saturated rings. The van der Waals surface area contributed by atoms with E-state index in [4.69, 9.17) is 0 Å². The lowest BCUT2D eigenvalue weighted by Gasteiger charge is -2.14. The lowest BCUT2D eigenvalue weighted by Crippen LogP contribution is -2.35.